The predicted molar refractivity (Wildman–Crippen MR) is 96.1 cm³/mol. The summed E-state index contributed by atoms with van der Waals surface area (Å²) in [5, 5.41) is 5.95. The van der Waals surface area contributed by atoms with Crippen molar-refractivity contribution in [1.29, 1.82) is 0 Å². The van der Waals surface area contributed by atoms with E-state index in [1.165, 1.54) is 12.4 Å². The molecule has 2 rings (SSSR count). The van der Waals surface area contributed by atoms with Crippen molar-refractivity contribution in [2.24, 2.45) is 5.92 Å². The smallest absolute Gasteiger partial charge is 0.254 e. The summed E-state index contributed by atoms with van der Waals surface area (Å²) in [5.41, 5.74) is 1.44. The minimum absolute atomic E-state index is 0.167. The monoisotopic (exact) mass is 344 g/mol. The molecule has 1 aromatic carbocycles. The summed E-state index contributed by atoms with van der Waals surface area (Å²) in [6.45, 7) is 5.23. The Kier molecular flexibility index (Phi) is 6.56. The Balaban J connectivity index is 1.94. The molecule has 7 heteroatoms. The van der Waals surface area contributed by atoms with E-state index in [9.17, 15) is 4.79 Å². The molecule has 1 aromatic heterocycles. The molecular weight excluding hydrogens is 320 g/mol. The van der Waals surface area contributed by atoms with E-state index in [4.69, 9.17) is 9.47 Å². The number of aromatic nitrogens is 2. The van der Waals surface area contributed by atoms with Crippen LogP contribution in [0.5, 0.6) is 11.5 Å². The highest BCUT2D eigenvalue weighted by molar-refractivity contribution is 5.93. The van der Waals surface area contributed by atoms with Crippen molar-refractivity contribution < 1.29 is 14.3 Å². The Morgan fingerprint density at radius 2 is 1.80 bits per heavy atom. The molecule has 7 nitrogen and oxygen atoms in total. The molecule has 0 atom stereocenters. The van der Waals surface area contributed by atoms with Crippen LogP contribution in [-0.4, -0.2) is 36.6 Å². The molecule has 2 aromatic rings. The van der Waals surface area contributed by atoms with E-state index in [1.54, 1.807) is 14.2 Å². The van der Waals surface area contributed by atoms with Crippen molar-refractivity contribution in [2.75, 3.05) is 26.1 Å². The zero-order valence-electron chi connectivity index (χ0n) is 15.0. The van der Waals surface area contributed by atoms with Crippen LogP contribution in [0.3, 0.4) is 0 Å². The van der Waals surface area contributed by atoms with E-state index in [0.29, 0.717) is 42.0 Å². The summed E-state index contributed by atoms with van der Waals surface area (Å²) in [4.78, 5) is 20.3. The number of carbonyl (C=O) groups excluding carboxylic acids is 1. The fourth-order valence-electron chi connectivity index (χ4n) is 2.11. The van der Waals surface area contributed by atoms with Crippen LogP contribution in [0.4, 0.5) is 5.95 Å². The van der Waals surface area contributed by atoms with Gasteiger partial charge < -0.3 is 20.1 Å². The van der Waals surface area contributed by atoms with Gasteiger partial charge in [0.15, 0.2) is 11.5 Å². The molecule has 0 saturated heterocycles. The summed E-state index contributed by atoms with van der Waals surface area (Å²) < 4.78 is 10.5. The van der Waals surface area contributed by atoms with Gasteiger partial charge in [0.05, 0.1) is 19.8 Å². The number of hydrogen-bond acceptors (Lipinski definition) is 6. The zero-order valence-corrected chi connectivity index (χ0v) is 15.0. The number of methoxy groups -OCH3 is 2. The van der Waals surface area contributed by atoms with Crippen LogP contribution >= 0.6 is 0 Å². The number of hydrogen-bond donors (Lipinski definition) is 2. The van der Waals surface area contributed by atoms with Crippen molar-refractivity contribution in [3.63, 3.8) is 0 Å². The van der Waals surface area contributed by atoms with Gasteiger partial charge in [0.2, 0.25) is 5.95 Å². The van der Waals surface area contributed by atoms with Gasteiger partial charge in [0.25, 0.3) is 5.91 Å². The van der Waals surface area contributed by atoms with E-state index in [1.807, 2.05) is 32.0 Å². The second-order valence-corrected chi connectivity index (χ2v) is 5.94. The molecule has 1 heterocycles. The van der Waals surface area contributed by atoms with E-state index in [0.717, 1.165) is 5.56 Å². The van der Waals surface area contributed by atoms with Gasteiger partial charge in [-0.15, -0.1) is 0 Å². The molecule has 0 aliphatic rings. The third kappa shape index (κ3) is 5.34. The van der Waals surface area contributed by atoms with Crippen LogP contribution in [0.2, 0.25) is 0 Å². The molecule has 0 aliphatic heterocycles. The first-order chi connectivity index (χ1) is 12.0. The number of ether oxygens (including phenoxy) is 2. The molecule has 0 aliphatic carbocycles. The van der Waals surface area contributed by atoms with Crippen molar-refractivity contribution in [1.82, 2.24) is 15.3 Å². The highest BCUT2D eigenvalue weighted by atomic mass is 16.5. The maximum absolute atomic E-state index is 11.9. The maximum atomic E-state index is 11.9. The van der Waals surface area contributed by atoms with Crippen molar-refractivity contribution in [2.45, 2.75) is 20.4 Å². The van der Waals surface area contributed by atoms with Gasteiger partial charge in [-0.2, -0.15) is 0 Å². The Labute approximate surface area is 147 Å². The van der Waals surface area contributed by atoms with Crippen LogP contribution < -0.4 is 20.1 Å². The average Bonchev–Trinajstić information content (AvgIpc) is 2.64. The van der Waals surface area contributed by atoms with Crippen LogP contribution in [-0.2, 0) is 6.54 Å². The quantitative estimate of drug-likeness (QED) is 0.765. The molecule has 134 valence electrons. The van der Waals surface area contributed by atoms with Gasteiger partial charge in [-0.25, -0.2) is 9.97 Å². The molecule has 0 bridgehead atoms. The van der Waals surface area contributed by atoms with Gasteiger partial charge in [0, 0.05) is 25.5 Å². The normalized spacial score (nSPS) is 10.4. The summed E-state index contributed by atoms with van der Waals surface area (Å²) in [6, 6.07) is 5.67. The second kappa shape index (κ2) is 8.86. The summed E-state index contributed by atoms with van der Waals surface area (Å²) in [5.74, 6) is 2.03. The van der Waals surface area contributed by atoms with Crippen molar-refractivity contribution in [3.05, 3.63) is 41.7 Å². The molecule has 0 saturated carbocycles. The molecule has 25 heavy (non-hydrogen) atoms. The van der Waals surface area contributed by atoms with Crippen LogP contribution in [0.1, 0.15) is 29.8 Å². The van der Waals surface area contributed by atoms with Crippen LogP contribution in [0.25, 0.3) is 0 Å². The predicted octanol–water partition coefficient (Wildman–Crippen LogP) is 2.49. The van der Waals surface area contributed by atoms with Crippen LogP contribution in [0.15, 0.2) is 30.6 Å². The molecule has 2 N–H and O–H groups in total. The lowest BCUT2D eigenvalue weighted by molar-refractivity contribution is 0.0948. The first-order valence-corrected chi connectivity index (χ1v) is 8.08. The lowest BCUT2D eigenvalue weighted by Gasteiger charge is -2.10. The van der Waals surface area contributed by atoms with Crippen molar-refractivity contribution in [3.8, 4) is 11.5 Å². The number of amides is 1. The fraction of sp³-hybridized carbons (Fsp3) is 0.389. The SMILES string of the molecule is COc1ccc(CNc2ncc(C(=O)NCC(C)C)cn2)cc1OC. The highest BCUT2D eigenvalue weighted by Gasteiger charge is 2.08. The molecular formula is C18H24N4O3. The fourth-order valence-corrected chi connectivity index (χ4v) is 2.11. The van der Waals surface area contributed by atoms with Gasteiger partial charge in [-0.3, -0.25) is 4.79 Å². The Morgan fingerprint density at radius 3 is 2.40 bits per heavy atom. The molecule has 0 unspecified atom stereocenters. The largest absolute Gasteiger partial charge is 0.493 e. The summed E-state index contributed by atoms with van der Waals surface area (Å²) in [6.07, 6.45) is 3.03. The van der Waals surface area contributed by atoms with E-state index < -0.39 is 0 Å². The van der Waals surface area contributed by atoms with Gasteiger partial charge >= 0.3 is 0 Å². The maximum Gasteiger partial charge on any atom is 0.254 e. The minimum atomic E-state index is -0.167. The number of nitrogens with zero attached hydrogens (tertiary/aromatic N) is 2. The topological polar surface area (TPSA) is 85.4 Å². The highest BCUT2D eigenvalue weighted by Crippen LogP contribution is 2.27. The standard InChI is InChI=1S/C18H24N4O3/c1-12(2)8-19-17(23)14-10-21-18(22-11-14)20-9-13-5-6-15(24-3)16(7-13)25-4/h5-7,10-12H,8-9H2,1-4H3,(H,19,23)(H,20,21,22). The number of carbonyl (C=O) groups is 1. The van der Waals surface area contributed by atoms with Gasteiger partial charge in [-0.05, 0) is 23.6 Å². The minimum Gasteiger partial charge on any atom is -0.493 e. The Hall–Kier alpha value is -2.83. The van der Waals surface area contributed by atoms with Crippen molar-refractivity contribution >= 4 is 11.9 Å². The number of rotatable bonds is 8. The van der Waals surface area contributed by atoms with Gasteiger partial charge in [-0.1, -0.05) is 19.9 Å². The number of anilines is 1. The molecule has 0 spiro atoms. The number of benzene rings is 1. The lowest BCUT2D eigenvalue weighted by Crippen LogP contribution is -2.27. The number of nitrogens with one attached hydrogen (secondary N) is 2. The van der Waals surface area contributed by atoms with E-state index in [2.05, 4.69) is 20.6 Å². The average molecular weight is 344 g/mol. The zero-order chi connectivity index (χ0) is 18.2. The third-order valence-electron chi connectivity index (χ3n) is 3.48. The molecule has 1 amide bonds. The third-order valence-corrected chi connectivity index (χ3v) is 3.48. The molecule has 0 fully saturated rings. The summed E-state index contributed by atoms with van der Waals surface area (Å²) in [7, 11) is 3.20. The molecule has 0 radical (unpaired) electrons. The van der Waals surface area contributed by atoms with E-state index in [-0.39, 0.29) is 5.91 Å². The van der Waals surface area contributed by atoms with Gasteiger partial charge in [0.1, 0.15) is 0 Å². The summed E-state index contributed by atoms with van der Waals surface area (Å²) >= 11 is 0. The first-order valence-electron chi connectivity index (χ1n) is 8.08. The van der Waals surface area contributed by atoms with Crippen LogP contribution in [0, 0.1) is 5.92 Å². The Bertz CT molecular complexity index is 702. The first kappa shape index (κ1) is 18.5. The second-order valence-electron chi connectivity index (χ2n) is 5.94. The van der Waals surface area contributed by atoms with E-state index >= 15 is 0 Å². The lowest BCUT2D eigenvalue weighted by atomic mass is 10.2. The Morgan fingerprint density at radius 1 is 1.12 bits per heavy atom.